The van der Waals surface area contributed by atoms with Crippen molar-refractivity contribution >= 4 is 17.3 Å². The van der Waals surface area contributed by atoms with E-state index in [1.54, 1.807) is 6.92 Å². The van der Waals surface area contributed by atoms with Crippen LogP contribution in [0.3, 0.4) is 0 Å². The van der Waals surface area contributed by atoms with Crippen molar-refractivity contribution in [1.82, 2.24) is 0 Å². The molecule has 2 N–H and O–H groups in total. The number of ether oxygens (including phenoxy) is 1. The summed E-state index contributed by atoms with van der Waals surface area (Å²) in [6, 6.07) is 3.96. The molecular weight excluding hydrogens is 343 g/mol. The fourth-order valence-corrected chi connectivity index (χ4v) is 2.36. The second-order valence-corrected chi connectivity index (χ2v) is 5.02. The Bertz CT molecular complexity index is 772. The molecule has 1 aliphatic heterocycles. The van der Waals surface area contributed by atoms with Crippen molar-refractivity contribution < 1.29 is 27.6 Å². The molecule has 134 valence electrons. The number of benzene rings is 1. The number of nitrogens with zero attached hydrogens (tertiary/aromatic N) is 2. The van der Waals surface area contributed by atoms with Gasteiger partial charge in [0.2, 0.25) is 0 Å². The lowest BCUT2D eigenvalue weighted by Crippen LogP contribution is -2.31. The van der Waals surface area contributed by atoms with Crippen LogP contribution in [0.1, 0.15) is 6.92 Å². The number of alkyl halides is 3. The lowest BCUT2D eigenvalue weighted by Gasteiger charge is -2.26. The molecule has 0 fully saturated rings. The molecule has 0 saturated carbocycles. The predicted octanol–water partition coefficient (Wildman–Crippen LogP) is 2.67. The van der Waals surface area contributed by atoms with Gasteiger partial charge in [0, 0.05) is 12.7 Å². The van der Waals surface area contributed by atoms with E-state index >= 15 is 0 Å². The lowest BCUT2D eigenvalue weighted by atomic mass is 10.0. The molecule has 1 amide bonds. The Kier molecular flexibility index (Phi) is 5.00. The van der Waals surface area contributed by atoms with Gasteiger partial charge in [0.1, 0.15) is 11.4 Å². The van der Waals surface area contributed by atoms with E-state index in [-0.39, 0.29) is 23.7 Å². The SMILES string of the molecule is CCOc1ccc(N2C=C(C(N)=O)C(C(F)(F)F)=CC2)c([N+](=O)[O-])c1. The van der Waals surface area contributed by atoms with Crippen LogP contribution in [0.25, 0.3) is 0 Å². The number of carbonyl (C=O) groups excluding carboxylic acids is 1. The van der Waals surface area contributed by atoms with Crippen molar-refractivity contribution in [3.8, 4) is 5.75 Å². The number of nitrogens with two attached hydrogens (primary N) is 1. The Balaban J connectivity index is 2.48. The summed E-state index contributed by atoms with van der Waals surface area (Å²) < 4.78 is 44.1. The van der Waals surface area contributed by atoms with E-state index in [9.17, 15) is 28.1 Å². The van der Waals surface area contributed by atoms with Gasteiger partial charge in [-0.3, -0.25) is 14.9 Å². The van der Waals surface area contributed by atoms with Gasteiger partial charge in [-0.25, -0.2) is 0 Å². The van der Waals surface area contributed by atoms with Crippen molar-refractivity contribution in [2.75, 3.05) is 18.1 Å². The second-order valence-electron chi connectivity index (χ2n) is 5.02. The molecule has 0 aromatic heterocycles. The van der Waals surface area contributed by atoms with Gasteiger partial charge >= 0.3 is 6.18 Å². The molecule has 0 saturated heterocycles. The molecule has 0 spiro atoms. The molecule has 1 aliphatic rings. The molecule has 0 atom stereocenters. The third-order valence-corrected chi connectivity index (χ3v) is 3.40. The molecule has 1 aromatic rings. The van der Waals surface area contributed by atoms with Crippen molar-refractivity contribution in [2.24, 2.45) is 5.73 Å². The Labute approximate surface area is 140 Å². The number of nitro groups is 1. The standard InChI is InChI=1S/C15H14F3N3O4/c1-2-25-9-3-4-12(13(7-9)21(23)24)20-6-5-11(15(16,17)18)10(8-20)14(19)22/h3-5,7-8H,2,6H2,1H3,(H2,19,22). The zero-order chi connectivity index (χ0) is 18.8. The van der Waals surface area contributed by atoms with Crippen molar-refractivity contribution in [1.29, 1.82) is 0 Å². The molecule has 0 bridgehead atoms. The Morgan fingerprint density at radius 3 is 2.64 bits per heavy atom. The fourth-order valence-electron chi connectivity index (χ4n) is 2.36. The number of rotatable bonds is 5. The summed E-state index contributed by atoms with van der Waals surface area (Å²) in [5.74, 6) is -1.03. The van der Waals surface area contributed by atoms with Crippen LogP contribution in [-0.4, -0.2) is 30.2 Å². The van der Waals surface area contributed by atoms with Gasteiger partial charge in [0.25, 0.3) is 11.6 Å². The first kappa shape index (κ1) is 18.3. The van der Waals surface area contributed by atoms with Crippen LogP contribution in [0.5, 0.6) is 5.75 Å². The van der Waals surface area contributed by atoms with Gasteiger partial charge in [-0.15, -0.1) is 0 Å². The maximum atomic E-state index is 13.0. The number of nitro benzene ring substituents is 1. The molecule has 2 rings (SSSR count). The van der Waals surface area contributed by atoms with Gasteiger partial charge < -0.3 is 15.4 Å². The highest BCUT2D eigenvalue weighted by Gasteiger charge is 2.39. The van der Waals surface area contributed by atoms with Gasteiger partial charge in [-0.1, -0.05) is 6.08 Å². The Morgan fingerprint density at radius 2 is 2.12 bits per heavy atom. The quantitative estimate of drug-likeness (QED) is 0.645. The van der Waals surface area contributed by atoms with E-state index in [2.05, 4.69) is 0 Å². The monoisotopic (exact) mass is 357 g/mol. The first-order valence-electron chi connectivity index (χ1n) is 7.12. The predicted molar refractivity (Wildman–Crippen MR) is 83.0 cm³/mol. The fraction of sp³-hybridized carbons (Fsp3) is 0.267. The smallest absolute Gasteiger partial charge is 0.417 e. The third-order valence-electron chi connectivity index (χ3n) is 3.40. The minimum Gasteiger partial charge on any atom is -0.494 e. The molecule has 7 nitrogen and oxygen atoms in total. The molecule has 0 radical (unpaired) electrons. The summed E-state index contributed by atoms with van der Waals surface area (Å²) in [7, 11) is 0. The van der Waals surface area contributed by atoms with Crippen LogP contribution in [0.4, 0.5) is 24.5 Å². The van der Waals surface area contributed by atoms with Crippen LogP contribution in [0, 0.1) is 10.1 Å². The number of hydrogen-bond acceptors (Lipinski definition) is 5. The highest BCUT2D eigenvalue weighted by molar-refractivity contribution is 5.98. The van der Waals surface area contributed by atoms with Gasteiger partial charge in [-0.05, 0) is 19.1 Å². The van der Waals surface area contributed by atoms with E-state index in [1.165, 1.54) is 18.2 Å². The lowest BCUT2D eigenvalue weighted by molar-refractivity contribution is -0.384. The number of carbonyl (C=O) groups is 1. The number of primary amides is 1. The zero-order valence-corrected chi connectivity index (χ0v) is 13.0. The maximum Gasteiger partial charge on any atom is 0.417 e. The van der Waals surface area contributed by atoms with Crippen molar-refractivity contribution in [3.05, 3.63) is 51.7 Å². The maximum absolute atomic E-state index is 13.0. The number of halogens is 3. The first-order chi connectivity index (χ1) is 11.6. The highest BCUT2D eigenvalue weighted by atomic mass is 19.4. The van der Waals surface area contributed by atoms with E-state index in [0.29, 0.717) is 6.61 Å². The number of amides is 1. The van der Waals surface area contributed by atoms with Gasteiger partial charge in [0.05, 0.1) is 28.7 Å². The normalized spacial score (nSPS) is 14.6. The largest absolute Gasteiger partial charge is 0.494 e. The summed E-state index contributed by atoms with van der Waals surface area (Å²) in [5, 5.41) is 11.3. The molecule has 1 aromatic carbocycles. The number of anilines is 1. The Hall–Kier alpha value is -3.04. The van der Waals surface area contributed by atoms with Crippen LogP contribution >= 0.6 is 0 Å². The first-order valence-corrected chi connectivity index (χ1v) is 7.12. The average molecular weight is 357 g/mol. The van der Waals surface area contributed by atoms with Crippen molar-refractivity contribution in [3.63, 3.8) is 0 Å². The minimum absolute atomic E-state index is 0.0182. The average Bonchev–Trinajstić information content (AvgIpc) is 2.53. The van der Waals surface area contributed by atoms with E-state index < -0.39 is 28.2 Å². The molecule has 1 heterocycles. The second kappa shape index (κ2) is 6.83. The van der Waals surface area contributed by atoms with Gasteiger partial charge in [-0.2, -0.15) is 13.2 Å². The molecule has 10 heteroatoms. The molecule has 25 heavy (non-hydrogen) atoms. The van der Waals surface area contributed by atoms with Crippen LogP contribution in [0.2, 0.25) is 0 Å². The highest BCUT2D eigenvalue weighted by Crippen LogP contribution is 2.37. The van der Waals surface area contributed by atoms with E-state index in [1.807, 2.05) is 0 Å². The van der Waals surface area contributed by atoms with Crippen LogP contribution < -0.4 is 15.4 Å². The van der Waals surface area contributed by atoms with Crippen LogP contribution in [-0.2, 0) is 4.79 Å². The number of hydrogen-bond donors (Lipinski definition) is 1. The Morgan fingerprint density at radius 1 is 1.44 bits per heavy atom. The van der Waals surface area contributed by atoms with E-state index in [0.717, 1.165) is 17.2 Å². The summed E-state index contributed by atoms with van der Waals surface area (Å²) in [4.78, 5) is 23.1. The van der Waals surface area contributed by atoms with Crippen LogP contribution in [0.15, 0.2) is 41.6 Å². The summed E-state index contributed by atoms with van der Waals surface area (Å²) >= 11 is 0. The summed E-state index contributed by atoms with van der Waals surface area (Å²) in [6.45, 7) is 1.69. The topological polar surface area (TPSA) is 98.7 Å². The summed E-state index contributed by atoms with van der Waals surface area (Å²) in [5.41, 5.74) is 2.76. The molecular formula is C15H14F3N3O4. The van der Waals surface area contributed by atoms with Gasteiger partial charge in [0.15, 0.2) is 0 Å². The third kappa shape index (κ3) is 3.90. The molecule has 0 aliphatic carbocycles. The minimum atomic E-state index is -4.75. The molecule has 0 unspecified atom stereocenters. The van der Waals surface area contributed by atoms with E-state index in [4.69, 9.17) is 10.5 Å². The zero-order valence-electron chi connectivity index (χ0n) is 13.0. The van der Waals surface area contributed by atoms with Crippen molar-refractivity contribution in [2.45, 2.75) is 13.1 Å². The summed E-state index contributed by atoms with van der Waals surface area (Å²) in [6.07, 6.45) is -3.12.